The maximum absolute atomic E-state index is 14.2. The fraction of sp³-hybridized carbons (Fsp3) is 0.318. The van der Waals surface area contributed by atoms with Crippen LogP contribution in [0, 0.1) is 5.82 Å². The number of hydrogen-bond donors (Lipinski definition) is 1. The van der Waals surface area contributed by atoms with Crippen molar-refractivity contribution in [2.45, 2.75) is 39.0 Å². The predicted octanol–water partition coefficient (Wildman–Crippen LogP) is 4.91. The van der Waals surface area contributed by atoms with Gasteiger partial charge in [0.1, 0.15) is 11.6 Å². The van der Waals surface area contributed by atoms with Crippen LogP contribution in [0.15, 0.2) is 48.5 Å². The summed E-state index contributed by atoms with van der Waals surface area (Å²) < 4.78 is 16.1. The first-order valence-corrected chi connectivity index (χ1v) is 9.43. The van der Waals surface area contributed by atoms with Gasteiger partial charge < -0.3 is 5.32 Å². The van der Waals surface area contributed by atoms with Crippen molar-refractivity contribution in [3.05, 3.63) is 76.7 Å². The Morgan fingerprint density at radius 2 is 1.88 bits per heavy atom. The molecule has 0 unspecified atom stereocenters. The summed E-state index contributed by atoms with van der Waals surface area (Å²) in [6, 6.07) is 15.5. The molecule has 4 rings (SSSR count). The number of hydrogen-bond acceptors (Lipinski definition) is 2. The number of aryl methyl sites for hydroxylation is 1. The van der Waals surface area contributed by atoms with Crippen LogP contribution in [0.4, 0.5) is 10.2 Å². The maximum Gasteiger partial charge on any atom is 0.133 e. The van der Waals surface area contributed by atoms with E-state index in [1.165, 1.54) is 17.2 Å². The number of benzene rings is 2. The summed E-state index contributed by atoms with van der Waals surface area (Å²) in [5, 5.41) is 8.43. The summed E-state index contributed by atoms with van der Waals surface area (Å²) in [7, 11) is 0. The summed E-state index contributed by atoms with van der Waals surface area (Å²) in [4.78, 5) is 0. The fourth-order valence-corrected chi connectivity index (χ4v) is 3.60. The van der Waals surface area contributed by atoms with Gasteiger partial charge in [0.2, 0.25) is 0 Å². The lowest BCUT2D eigenvalue weighted by Gasteiger charge is -2.09. The molecule has 0 saturated carbocycles. The first kappa shape index (κ1) is 16.8. The van der Waals surface area contributed by atoms with Crippen LogP contribution >= 0.6 is 0 Å². The molecule has 0 fully saturated rings. The second-order valence-corrected chi connectivity index (χ2v) is 6.86. The molecule has 0 amide bonds. The van der Waals surface area contributed by atoms with Crippen molar-refractivity contribution in [2.24, 2.45) is 0 Å². The Labute approximate surface area is 153 Å². The summed E-state index contributed by atoms with van der Waals surface area (Å²) in [6.07, 6.45) is 4.80. The number of fused-ring (bicyclic) bond motifs is 1. The highest BCUT2D eigenvalue weighted by Gasteiger charge is 2.21. The van der Waals surface area contributed by atoms with Crippen LogP contribution in [-0.2, 0) is 19.3 Å². The molecule has 134 valence electrons. The van der Waals surface area contributed by atoms with Crippen LogP contribution in [-0.4, -0.2) is 16.3 Å². The minimum Gasteiger partial charge on any atom is -0.370 e. The van der Waals surface area contributed by atoms with Gasteiger partial charge in [-0.05, 0) is 55.0 Å². The van der Waals surface area contributed by atoms with E-state index in [2.05, 4.69) is 36.5 Å². The molecule has 0 aliphatic carbocycles. The molecule has 0 bridgehead atoms. The molecule has 26 heavy (non-hydrogen) atoms. The number of nitrogens with zero attached hydrogens (tertiary/aromatic N) is 2. The quantitative estimate of drug-likeness (QED) is 0.725. The van der Waals surface area contributed by atoms with Crippen molar-refractivity contribution in [3.63, 3.8) is 0 Å². The summed E-state index contributed by atoms with van der Waals surface area (Å²) in [5.41, 5.74) is 5.26. The highest BCUT2D eigenvalue weighted by atomic mass is 19.1. The molecule has 0 saturated heterocycles. The lowest BCUT2D eigenvalue weighted by atomic mass is 10.0. The molecule has 0 atom stereocenters. The lowest BCUT2D eigenvalue weighted by molar-refractivity contribution is 0.612. The van der Waals surface area contributed by atoms with Crippen LogP contribution in [0.25, 0.3) is 5.69 Å². The van der Waals surface area contributed by atoms with Crippen LogP contribution in [0.2, 0.25) is 0 Å². The number of aromatic nitrogens is 2. The molecule has 0 radical (unpaired) electrons. The molecule has 4 heteroatoms. The van der Waals surface area contributed by atoms with Crippen LogP contribution < -0.4 is 5.32 Å². The van der Waals surface area contributed by atoms with Gasteiger partial charge in [0.25, 0.3) is 0 Å². The Morgan fingerprint density at radius 1 is 1.08 bits per heavy atom. The molecule has 1 aliphatic heterocycles. The average Bonchev–Trinajstić information content (AvgIpc) is 2.84. The van der Waals surface area contributed by atoms with Crippen LogP contribution in [0.3, 0.4) is 0 Å². The third kappa shape index (κ3) is 3.24. The predicted molar refractivity (Wildman–Crippen MR) is 104 cm³/mol. The number of halogens is 1. The average molecular weight is 349 g/mol. The molecule has 3 aromatic rings. The van der Waals surface area contributed by atoms with E-state index in [0.29, 0.717) is 12.0 Å². The summed E-state index contributed by atoms with van der Waals surface area (Å²) in [6.45, 7) is 3.11. The minimum atomic E-state index is -0.162. The van der Waals surface area contributed by atoms with Gasteiger partial charge in [-0.15, -0.1) is 0 Å². The summed E-state index contributed by atoms with van der Waals surface area (Å²) in [5.74, 6) is 0.905. The van der Waals surface area contributed by atoms with Crippen molar-refractivity contribution in [2.75, 3.05) is 11.9 Å². The highest BCUT2D eigenvalue weighted by molar-refractivity contribution is 5.55. The number of nitrogens with one attached hydrogen (secondary N) is 1. The second kappa shape index (κ2) is 7.32. The SMILES string of the molecule is CCc1ccc(-n2nc(Cc3ccccc3F)c3c2NCCCC3)cc1. The van der Waals surface area contributed by atoms with E-state index in [4.69, 9.17) is 5.10 Å². The van der Waals surface area contributed by atoms with Crippen molar-refractivity contribution in [3.8, 4) is 5.69 Å². The fourth-order valence-electron chi connectivity index (χ4n) is 3.60. The highest BCUT2D eigenvalue weighted by Crippen LogP contribution is 2.30. The van der Waals surface area contributed by atoms with E-state index in [0.717, 1.165) is 49.4 Å². The Morgan fingerprint density at radius 3 is 2.65 bits per heavy atom. The van der Waals surface area contributed by atoms with E-state index in [1.807, 2.05) is 16.8 Å². The van der Waals surface area contributed by atoms with Gasteiger partial charge in [0, 0.05) is 18.5 Å². The third-order valence-corrected chi connectivity index (χ3v) is 5.12. The monoisotopic (exact) mass is 349 g/mol. The zero-order valence-electron chi connectivity index (χ0n) is 15.1. The van der Waals surface area contributed by atoms with Gasteiger partial charge in [-0.3, -0.25) is 0 Å². The molecule has 0 spiro atoms. The Hall–Kier alpha value is -2.62. The van der Waals surface area contributed by atoms with Crippen LogP contribution in [0.1, 0.15) is 42.1 Å². The second-order valence-electron chi connectivity index (χ2n) is 6.86. The zero-order valence-corrected chi connectivity index (χ0v) is 15.1. The largest absolute Gasteiger partial charge is 0.370 e. The lowest BCUT2D eigenvalue weighted by Crippen LogP contribution is -2.07. The van der Waals surface area contributed by atoms with E-state index >= 15 is 0 Å². The van der Waals surface area contributed by atoms with Gasteiger partial charge in [-0.2, -0.15) is 5.10 Å². The topological polar surface area (TPSA) is 29.9 Å². The van der Waals surface area contributed by atoms with Crippen LogP contribution in [0.5, 0.6) is 0 Å². The zero-order chi connectivity index (χ0) is 17.9. The normalized spacial score (nSPS) is 13.8. The van der Waals surface area contributed by atoms with E-state index < -0.39 is 0 Å². The Balaban J connectivity index is 1.77. The van der Waals surface area contributed by atoms with E-state index in [-0.39, 0.29) is 5.82 Å². The Bertz CT molecular complexity index is 896. The van der Waals surface area contributed by atoms with Gasteiger partial charge in [-0.25, -0.2) is 9.07 Å². The van der Waals surface area contributed by atoms with Crippen molar-refractivity contribution in [1.82, 2.24) is 9.78 Å². The molecular formula is C22H24FN3. The number of anilines is 1. The Kier molecular flexibility index (Phi) is 4.74. The summed E-state index contributed by atoms with van der Waals surface area (Å²) >= 11 is 0. The molecule has 3 nitrogen and oxygen atoms in total. The first-order valence-electron chi connectivity index (χ1n) is 9.43. The molecule has 2 heterocycles. The maximum atomic E-state index is 14.2. The van der Waals surface area contributed by atoms with Gasteiger partial charge in [0.15, 0.2) is 0 Å². The molecule has 1 N–H and O–H groups in total. The number of rotatable bonds is 4. The molecule has 2 aromatic carbocycles. The third-order valence-electron chi connectivity index (χ3n) is 5.12. The first-order chi connectivity index (χ1) is 12.8. The van der Waals surface area contributed by atoms with Crippen molar-refractivity contribution < 1.29 is 4.39 Å². The minimum absolute atomic E-state index is 0.162. The smallest absolute Gasteiger partial charge is 0.133 e. The van der Waals surface area contributed by atoms with Crippen molar-refractivity contribution in [1.29, 1.82) is 0 Å². The molecular weight excluding hydrogens is 325 g/mol. The van der Waals surface area contributed by atoms with E-state index in [9.17, 15) is 4.39 Å². The van der Waals surface area contributed by atoms with E-state index in [1.54, 1.807) is 6.07 Å². The van der Waals surface area contributed by atoms with Crippen molar-refractivity contribution >= 4 is 5.82 Å². The van der Waals surface area contributed by atoms with Gasteiger partial charge in [0.05, 0.1) is 11.4 Å². The molecule has 1 aliphatic rings. The standard InChI is InChI=1S/C22H24FN3/c1-2-16-10-12-18(13-11-16)26-22-19(8-5-6-14-24-22)21(25-26)15-17-7-3-4-9-20(17)23/h3-4,7,9-13,24H,2,5-6,8,14-15H2,1H3. The van der Waals surface area contributed by atoms with Gasteiger partial charge >= 0.3 is 0 Å². The molecule has 1 aromatic heterocycles. The van der Waals surface area contributed by atoms with Gasteiger partial charge in [-0.1, -0.05) is 37.3 Å².